The van der Waals surface area contributed by atoms with Gasteiger partial charge in [-0.05, 0) is 51.3 Å². The van der Waals surface area contributed by atoms with Gasteiger partial charge in [0, 0.05) is 32.2 Å². The van der Waals surface area contributed by atoms with E-state index in [0.29, 0.717) is 18.4 Å². The minimum Gasteiger partial charge on any atom is -0.375 e. The van der Waals surface area contributed by atoms with E-state index in [9.17, 15) is 4.79 Å². The molecule has 5 nitrogen and oxygen atoms in total. The van der Waals surface area contributed by atoms with Gasteiger partial charge in [0.2, 0.25) is 5.91 Å². The summed E-state index contributed by atoms with van der Waals surface area (Å²) in [7, 11) is 0. The molecule has 0 spiro atoms. The lowest BCUT2D eigenvalue weighted by Gasteiger charge is -2.35. The minimum absolute atomic E-state index is 0.0303. The summed E-state index contributed by atoms with van der Waals surface area (Å²) < 4.78 is 5.77. The van der Waals surface area contributed by atoms with Crippen molar-refractivity contribution in [3.8, 4) is 0 Å². The number of hydrogen-bond acceptors (Lipinski definition) is 4. The first kappa shape index (κ1) is 20.3. The predicted octanol–water partition coefficient (Wildman–Crippen LogP) is 2.48. The van der Waals surface area contributed by atoms with E-state index in [1.807, 2.05) is 0 Å². The van der Waals surface area contributed by atoms with E-state index >= 15 is 0 Å². The molecule has 3 rings (SSSR count). The first-order valence-corrected chi connectivity index (χ1v) is 10.5. The van der Waals surface area contributed by atoms with Gasteiger partial charge in [0.1, 0.15) is 0 Å². The van der Waals surface area contributed by atoms with E-state index in [2.05, 4.69) is 59.3 Å². The Morgan fingerprint density at radius 3 is 2.63 bits per heavy atom. The molecule has 2 saturated heterocycles. The molecule has 5 heteroatoms. The van der Waals surface area contributed by atoms with Crippen LogP contribution >= 0.6 is 0 Å². The van der Waals surface area contributed by atoms with Crippen molar-refractivity contribution in [3.05, 3.63) is 35.9 Å². The summed E-state index contributed by atoms with van der Waals surface area (Å²) >= 11 is 0. The summed E-state index contributed by atoms with van der Waals surface area (Å²) in [4.78, 5) is 17.1. The molecule has 150 valence electrons. The third-order valence-electron chi connectivity index (χ3n) is 5.92. The van der Waals surface area contributed by atoms with Gasteiger partial charge in [0.05, 0.1) is 19.1 Å². The van der Waals surface area contributed by atoms with Gasteiger partial charge in [-0.3, -0.25) is 9.69 Å². The van der Waals surface area contributed by atoms with Crippen molar-refractivity contribution in [2.24, 2.45) is 0 Å². The maximum Gasteiger partial charge on any atom is 0.222 e. The second-order valence-corrected chi connectivity index (χ2v) is 8.16. The van der Waals surface area contributed by atoms with Crippen LogP contribution in [0.15, 0.2) is 30.3 Å². The molecule has 1 N–H and O–H groups in total. The molecule has 2 fully saturated rings. The average Bonchev–Trinajstić information content (AvgIpc) is 2.69. The Bertz CT molecular complexity index is 570. The Kier molecular flexibility index (Phi) is 7.68. The predicted molar refractivity (Wildman–Crippen MR) is 109 cm³/mol. The van der Waals surface area contributed by atoms with Crippen molar-refractivity contribution in [1.29, 1.82) is 0 Å². The molecule has 1 atom stereocenters. The first-order valence-electron chi connectivity index (χ1n) is 10.5. The van der Waals surface area contributed by atoms with Crippen molar-refractivity contribution < 1.29 is 9.53 Å². The molecule has 1 amide bonds. The summed E-state index contributed by atoms with van der Waals surface area (Å²) in [6.07, 6.45) is 2.92. The fourth-order valence-electron chi connectivity index (χ4n) is 4.18. The van der Waals surface area contributed by atoms with Crippen molar-refractivity contribution >= 4 is 5.91 Å². The molecule has 1 aromatic carbocycles. The normalized spacial score (nSPS) is 22.9. The van der Waals surface area contributed by atoms with Crippen molar-refractivity contribution in [3.63, 3.8) is 0 Å². The van der Waals surface area contributed by atoms with Crippen molar-refractivity contribution in [2.75, 3.05) is 45.9 Å². The number of morpholine rings is 1. The fourth-order valence-corrected chi connectivity index (χ4v) is 4.18. The van der Waals surface area contributed by atoms with E-state index in [1.165, 1.54) is 18.4 Å². The number of hydrogen-bond donors (Lipinski definition) is 1. The van der Waals surface area contributed by atoms with Crippen LogP contribution in [0.1, 0.15) is 44.6 Å². The van der Waals surface area contributed by atoms with Gasteiger partial charge in [0.25, 0.3) is 0 Å². The molecule has 0 bridgehead atoms. The third-order valence-corrected chi connectivity index (χ3v) is 5.92. The zero-order chi connectivity index (χ0) is 19.1. The van der Waals surface area contributed by atoms with Crippen molar-refractivity contribution in [1.82, 2.24) is 15.1 Å². The second-order valence-electron chi connectivity index (χ2n) is 8.16. The molecular formula is C22H35N3O2. The standard InChI is InChI=1S/C22H35N3O2/c1-18(2)25-14-15-27-21(17-25)16-22(26)23-10-13-24-11-8-20(9-12-24)19-6-4-3-5-7-19/h3-7,18,20-21H,8-17H2,1-2H3,(H,23,26)/t21-/m0/s1. The van der Waals surface area contributed by atoms with Gasteiger partial charge >= 0.3 is 0 Å². The molecule has 0 aromatic heterocycles. The summed E-state index contributed by atoms with van der Waals surface area (Å²) in [6, 6.07) is 11.3. The molecule has 0 aliphatic carbocycles. The highest BCUT2D eigenvalue weighted by Gasteiger charge is 2.24. The van der Waals surface area contributed by atoms with Crippen LogP contribution in [0.2, 0.25) is 0 Å². The molecule has 1 aromatic rings. The number of benzene rings is 1. The number of nitrogens with one attached hydrogen (secondary N) is 1. The average molecular weight is 374 g/mol. The highest BCUT2D eigenvalue weighted by Crippen LogP contribution is 2.27. The molecule has 27 heavy (non-hydrogen) atoms. The third kappa shape index (κ3) is 6.30. The highest BCUT2D eigenvalue weighted by atomic mass is 16.5. The Balaban J connectivity index is 1.30. The smallest absolute Gasteiger partial charge is 0.222 e. The molecule has 2 aliphatic heterocycles. The van der Waals surface area contributed by atoms with Crippen LogP contribution in [0, 0.1) is 0 Å². The van der Waals surface area contributed by atoms with Crippen LogP contribution in [0.4, 0.5) is 0 Å². The summed E-state index contributed by atoms with van der Waals surface area (Å²) in [5, 5.41) is 3.09. The van der Waals surface area contributed by atoms with Crippen LogP contribution in [-0.2, 0) is 9.53 Å². The van der Waals surface area contributed by atoms with Crippen molar-refractivity contribution in [2.45, 2.75) is 51.2 Å². The van der Waals surface area contributed by atoms with Gasteiger partial charge in [0.15, 0.2) is 0 Å². The number of ether oxygens (including phenoxy) is 1. The fraction of sp³-hybridized carbons (Fsp3) is 0.682. The van der Waals surface area contributed by atoms with Gasteiger partial charge in [-0.25, -0.2) is 0 Å². The number of likely N-dealkylation sites (tertiary alicyclic amines) is 1. The van der Waals surface area contributed by atoms with E-state index in [1.54, 1.807) is 0 Å². The van der Waals surface area contributed by atoms with E-state index in [0.717, 1.165) is 45.9 Å². The Morgan fingerprint density at radius 1 is 1.19 bits per heavy atom. The number of carbonyl (C=O) groups excluding carboxylic acids is 1. The Hall–Kier alpha value is -1.43. The minimum atomic E-state index is 0.0303. The zero-order valence-electron chi connectivity index (χ0n) is 16.9. The molecule has 2 aliphatic rings. The number of piperidine rings is 1. The zero-order valence-corrected chi connectivity index (χ0v) is 16.9. The van der Waals surface area contributed by atoms with Crippen LogP contribution in [0.5, 0.6) is 0 Å². The first-order chi connectivity index (χ1) is 13.1. The summed E-state index contributed by atoms with van der Waals surface area (Å²) in [5.74, 6) is 0.800. The SMILES string of the molecule is CC(C)N1CCO[C@@H](CC(=O)NCCN2CCC(c3ccccc3)CC2)C1. The van der Waals surface area contributed by atoms with Gasteiger partial charge in [-0.15, -0.1) is 0 Å². The van der Waals surface area contributed by atoms with E-state index in [-0.39, 0.29) is 12.0 Å². The lowest BCUT2D eigenvalue weighted by molar-refractivity contribution is -0.126. The second kappa shape index (κ2) is 10.2. The number of rotatable bonds is 7. The number of carbonyl (C=O) groups is 1. The lowest BCUT2D eigenvalue weighted by Crippen LogP contribution is -2.47. The van der Waals surface area contributed by atoms with E-state index in [4.69, 9.17) is 4.74 Å². The molecular weight excluding hydrogens is 338 g/mol. The monoisotopic (exact) mass is 373 g/mol. The maximum atomic E-state index is 12.2. The quantitative estimate of drug-likeness (QED) is 0.798. The van der Waals surface area contributed by atoms with Crippen LogP contribution in [-0.4, -0.2) is 73.7 Å². The van der Waals surface area contributed by atoms with Crippen LogP contribution in [0.25, 0.3) is 0 Å². The van der Waals surface area contributed by atoms with E-state index < -0.39 is 0 Å². The summed E-state index contributed by atoms with van der Waals surface area (Å²) in [6.45, 7) is 10.9. The highest BCUT2D eigenvalue weighted by molar-refractivity contribution is 5.76. The van der Waals surface area contributed by atoms with Crippen LogP contribution < -0.4 is 5.32 Å². The molecule has 0 radical (unpaired) electrons. The Labute approximate surface area is 164 Å². The molecule has 2 heterocycles. The summed E-state index contributed by atoms with van der Waals surface area (Å²) in [5.41, 5.74) is 1.47. The molecule has 0 saturated carbocycles. The number of nitrogens with zero attached hydrogens (tertiary/aromatic N) is 2. The lowest BCUT2D eigenvalue weighted by atomic mass is 9.89. The van der Waals surface area contributed by atoms with Gasteiger partial charge in [-0.1, -0.05) is 30.3 Å². The molecule has 0 unspecified atom stereocenters. The maximum absolute atomic E-state index is 12.2. The van der Waals surface area contributed by atoms with Gasteiger partial charge < -0.3 is 15.0 Å². The topological polar surface area (TPSA) is 44.8 Å². The van der Waals surface area contributed by atoms with Gasteiger partial charge in [-0.2, -0.15) is 0 Å². The van der Waals surface area contributed by atoms with Crippen LogP contribution in [0.3, 0.4) is 0 Å². The Morgan fingerprint density at radius 2 is 1.93 bits per heavy atom. The largest absolute Gasteiger partial charge is 0.375 e. The number of amides is 1.